The Bertz CT molecular complexity index is 1400. The second-order valence-corrected chi connectivity index (χ2v) is 11.7. The van der Waals surface area contributed by atoms with Gasteiger partial charge < -0.3 is 25.2 Å². The third-order valence-corrected chi connectivity index (χ3v) is 8.74. The summed E-state index contributed by atoms with van der Waals surface area (Å²) in [4.78, 5) is 53.4. The van der Waals surface area contributed by atoms with E-state index >= 15 is 0 Å². The first kappa shape index (κ1) is 27.8. The number of carbonyl (C=O) groups excluding carboxylic acids is 4. The summed E-state index contributed by atoms with van der Waals surface area (Å²) in [5.74, 6) is 1.48. The van der Waals surface area contributed by atoms with Gasteiger partial charge in [-0.15, -0.1) is 0 Å². The van der Waals surface area contributed by atoms with E-state index in [1.165, 1.54) is 12.0 Å². The van der Waals surface area contributed by atoms with Gasteiger partial charge >= 0.3 is 5.97 Å². The number of ether oxygens (including phenoxy) is 1. The minimum absolute atomic E-state index is 0.0530. The molecule has 2 aromatic rings. The summed E-state index contributed by atoms with van der Waals surface area (Å²) in [5, 5.41) is 6.54. The first-order valence-corrected chi connectivity index (χ1v) is 14.7. The van der Waals surface area contributed by atoms with Crippen molar-refractivity contribution in [2.24, 2.45) is 5.92 Å². The molecule has 0 radical (unpaired) electrons. The number of allylic oxidation sites excluding steroid dienone is 1. The second-order valence-electron chi connectivity index (χ2n) is 10.4. The Labute approximate surface area is 238 Å². The number of esters is 1. The molecule has 0 aliphatic carbocycles. The molecule has 3 aliphatic heterocycles. The molecule has 210 valence electrons. The minimum Gasteiger partial charge on any atom is -0.465 e. The summed E-state index contributed by atoms with van der Waals surface area (Å²) in [7, 11) is 4.71. The number of anilines is 3. The normalized spacial score (nSPS) is 17.6. The van der Waals surface area contributed by atoms with Crippen molar-refractivity contribution in [2.45, 2.75) is 32.1 Å². The Morgan fingerprint density at radius 3 is 2.60 bits per heavy atom. The highest BCUT2D eigenvalue weighted by Crippen LogP contribution is 2.41. The van der Waals surface area contributed by atoms with Crippen LogP contribution in [0.1, 0.15) is 47.2 Å². The summed E-state index contributed by atoms with van der Waals surface area (Å²) >= 11 is 1.92. The van der Waals surface area contributed by atoms with Crippen LogP contribution in [0.5, 0.6) is 0 Å². The Hall–Kier alpha value is -3.79. The summed E-state index contributed by atoms with van der Waals surface area (Å²) in [6, 6.07) is 11.1. The van der Waals surface area contributed by atoms with Gasteiger partial charge in [-0.3, -0.25) is 14.4 Å². The number of rotatable bonds is 7. The Morgan fingerprint density at radius 1 is 1.10 bits per heavy atom. The zero-order valence-electron chi connectivity index (χ0n) is 23.0. The minimum atomic E-state index is -0.452. The van der Waals surface area contributed by atoms with E-state index in [4.69, 9.17) is 4.74 Å². The summed E-state index contributed by atoms with van der Waals surface area (Å²) in [5.41, 5.74) is 6.03. The second kappa shape index (κ2) is 11.8. The van der Waals surface area contributed by atoms with Crippen molar-refractivity contribution in [1.29, 1.82) is 0 Å². The van der Waals surface area contributed by atoms with Crippen LogP contribution in [0, 0.1) is 5.92 Å². The molecule has 3 aliphatic rings. The molecule has 3 amide bonds. The maximum absolute atomic E-state index is 13.3. The monoisotopic (exact) mass is 562 g/mol. The van der Waals surface area contributed by atoms with E-state index in [1.807, 2.05) is 23.9 Å². The molecule has 0 atom stereocenters. The first-order chi connectivity index (χ1) is 19.3. The van der Waals surface area contributed by atoms with Gasteiger partial charge in [0.25, 0.3) is 5.91 Å². The number of hydrogen-bond donors (Lipinski definition) is 2. The number of amides is 3. The highest BCUT2D eigenvalue weighted by atomic mass is 32.2. The van der Waals surface area contributed by atoms with Crippen LogP contribution >= 0.6 is 11.8 Å². The summed E-state index contributed by atoms with van der Waals surface area (Å²) < 4.78 is 4.84. The topological polar surface area (TPSA) is 108 Å². The molecule has 1 fully saturated rings. The predicted molar refractivity (Wildman–Crippen MR) is 157 cm³/mol. The lowest BCUT2D eigenvalue weighted by atomic mass is 9.91. The standard InChI is InChI=1S/C30H34N4O5S/c1-33(2)25(35)8-9-26(36)34-13-10-19-16-21(5-7-24(19)34)31-28(18-11-14-40-15-12-18)27-22-6-4-20(30(38)39-3)17-23(22)32-29(27)37/h4-7,16-18,31H,8-15H2,1-3H3,(H,32,37)/b28-27-. The van der Waals surface area contributed by atoms with Gasteiger partial charge in [0, 0.05) is 62.0 Å². The molecule has 0 bridgehead atoms. The van der Waals surface area contributed by atoms with Gasteiger partial charge in [0.05, 0.1) is 23.9 Å². The van der Waals surface area contributed by atoms with Gasteiger partial charge in [-0.05, 0) is 66.7 Å². The lowest BCUT2D eigenvalue weighted by Crippen LogP contribution is -2.30. The van der Waals surface area contributed by atoms with Gasteiger partial charge in [-0.1, -0.05) is 6.07 Å². The molecule has 2 N–H and O–H groups in total. The van der Waals surface area contributed by atoms with E-state index in [-0.39, 0.29) is 36.5 Å². The van der Waals surface area contributed by atoms with Gasteiger partial charge in [-0.2, -0.15) is 11.8 Å². The maximum Gasteiger partial charge on any atom is 0.337 e. The third-order valence-electron chi connectivity index (χ3n) is 7.69. The quantitative estimate of drug-likeness (QED) is 0.386. The van der Waals surface area contributed by atoms with Crippen LogP contribution in [0.3, 0.4) is 0 Å². The highest BCUT2D eigenvalue weighted by molar-refractivity contribution is 7.99. The third kappa shape index (κ3) is 5.58. The summed E-state index contributed by atoms with van der Waals surface area (Å²) in [6.07, 6.45) is 3.01. The van der Waals surface area contributed by atoms with Crippen molar-refractivity contribution >= 4 is 58.1 Å². The Morgan fingerprint density at radius 2 is 1.88 bits per heavy atom. The zero-order chi connectivity index (χ0) is 28.4. The molecule has 0 spiro atoms. The van der Waals surface area contributed by atoms with Gasteiger partial charge in [0.1, 0.15) is 0 Å². The average Bonchev–Trinajstić information content (AvgIpc) is 3.53. The SMILES string of the molecule is COC(=O)c1ccc2c(c1)NC(=O)/C2=C(\Nc1ccc2c(c1)CCN2C(=O)CCC(=O)N(C)C)C1CCSCC1. The van der Waals surface area contributed by atoms with Crippen LogP contribution in [0.4, 0.5) is 17.1 Å². The maximum atomic E-state index is 13.3. The number of benzene rings is 2. The predicted octanol–water partition coefficient (Wildman–Crippen LogP) is 4.15. The number of carbonyl (C=O) groups is 4. The molecule has 40 heavy (non-hydrogen) atoms. The first-order valence-electron chi connectivity index (χ1n) is 13.5. The smallest absolute Gasteiger partial charge is 0.337 e. The van der Waals surface area contributed by atoms with E-state index in [0.29, 0.717) is 23.4 Å². The van der Waals surface area contributed by atoms with E-state index in [1.54, 1.807) is 37.2 Å². The number of methoxy groups -OCH3 is 1. The Balaban J connectivity index is 1.43. The number of nitrogens with zero attached hydrogens (tertiary/aromatic N) is 2. The summed E-state index contributed by atoms with van der Waals surface area (Å²) in [6.45, 7) is 0.583. The molecule has 0 aromatic heterocycles. The van der Waals surface area contributed by atoms with Crippen molar-refractivity contribution < 1.29 is 23.9 Å². The van der Waals surface area contributed by atoms with Crippen LogP contribution < -0.4 is 15.5 Å². The fraction of sp³-hybridized carbons (Fsp3) is 0.400. The Kier molecular flexibility index (Phi) is 8.16. The number of thioether (sulfide) groups is 1. The van der Waals surface area contributed by atoms with Crippen molar-refractivity contribution in [2.75, 3.05) is 54.8 Å². The van der Waals surface area contributed by atoms with E-state index in [9.17, 15) is 19.2 Å². The molecule has 3 heterocycles. The molecule has 0 unspecified atom stereocenters. The van der Waals surface area contributed by atoms with Crippen molar-refractivity contribution in [3.05, 3.63) is 58.8 Å². The van der Waals surface area contributed by atoms with E-state index < -0.39 is 5.97 Å². The number of fused-ring (bicyclic) bond motifs is 2. The molecular weight excluding hydrogens is 528 g/mol. The van der Waals surface area contributed by atoms with Crippen molar-refractivity contribution in [1.82, 2.24) is 4.90 Å². The fourth-order valence-corrected chi connectivity index (χ4v) is 6.61. The molecule has 1 saturated heterocycles. The van der Waals surface area contributed by atoms with Crippen LogP contribution in [0.2, 0.25) is 0 Å². The van der Waals surface area contributed by atoms with Crippen LogP contribution in [-0.4, -0.2) is 67.8 Å². The van der Waals surface area contributed by atoms with Crippen molar-refractivity contribution in [3.63, 3.8) is 0 Å². The lowest BCUT2D eigenvalue weighted by molar-refractivity contribution is -0.131. The van der Waals surface area contributed by atoms with Crippen LogP contribution in [0.25, 0.3) is 5.57 Å². The van der Waals surface area contributed by atoms with Gasteiger partial charge in [-0.25, -0.2) is 4.79 Å². The van der Waals surface area contributed by atoms with Crippen LogP contribution in [0.15, 0.2) is 42.1 Å². The molecule has 10 heteroatoms. The molecule has 9 nitrogen and oxygen atoms in total. The van der Waals surface area contributed by atoms with Gasteiger partial charge in [0.2, 0.25) is 11.8 Å². The van der Waals surface area contributed by atoms with E-state index in [0.717, 1.165) is 59.0 Å². The largest absolute Gasteiger partial charge is 0.465 e. The zero-order valence-corrected chi connectivity index (χ0v) is 23.9. The molecule has 5 rings (SSSR count). The van der Waals surface area contributed by atoms with Crippen LogP contribution in [-0.2, 0) is 25.5 Å². The van der Waals surface area contributed by atoms with Gasteiger partial charge in [0.15, 0.2) is 0 Å². The molecule has 2 aromatic carbocycles. The average molecular weight is 563 g/mol. The van der Waals surface area contributed by atoms with E-state index in [2.05, 4.69) is 16.7 Å². The molecular formula is C30H34N4O5S. The lowest BCUT2D eigenvalue weighted by Gasteiger charge is -2.27. The number of nitrogens with one attached hydrogen (secondary N) is 2. The highest BCUT2D eigenvalue weighted by Gasteiger charge is 2.33. The van der Waals surface area contributed by atoms with Crippen molar-refractivity contribution in [3.8, 4) is 0 Å². The molecule has 0 saturated carbocycles. The fourth-order valence-electron chi connectivity index (χ4n) is 5.51. The number of hydrogen-bond acceptors (Lipinski definition) is 7.